The topological polar surface area (TPSA) is 353 Å². The van der Waals surface area contributed by atoms with Gasteiger partial charge in [0.2, 0.25) is 17.8 Å². The smallest absolute Gasteiger partial charge is 0.394 e. The van der Waals surface area contributed by atoms with Crippen molar-refractivity contribution in [3.8, 4) is 0 Å². The van der Waals surface area contributed by atoms with Crippen molar-refractivity contribution in [1.82, 2.24) is 29.1 Å². The van der Waals surface area contributed by atoms with Crippen LogP contribution in [-0.4, -0.2) is 141 Å². The summed E-state index contributed by atoms with van der Waals surface area (Å²) in [7, 11) is -13.1. The van der Waals surface area contributed by atoms with Crippen molar-refractivity contribution in [2.45, 2.75) is 104 Å². The van der Waals surface area contributed by atoms with Crippen LogP contribution in [-0.2, 0) is 60.5 Å². The van der Waals surface area contributed by atoms with Gasteiger partial charge in [0.25, 0.3) is 0 Å². The number of halogens is 3. The molecule has 2 fully saturated rings. The highest BCUT2D eigenvalue weighted by Gasteiger charge is 2.48. The van der Waals surface area contributed by atoms with Gasteiger partial charge < -0.3 is 53.4 Å². The van der Waals surface area contributed by atoms with Crippen LogP contribution in [0.4, 0.5) is 25.1 Å². The molecular formula is C32H55F3N8O18P2S. The molecule has 32 heteroatoms. The molecule has 4 rings (SSSR count). The van der Waals surface area contributed by atoms with Crippen LogP contribution in [0, 0.1) is 5.41 Å². The highest BCUT2D eigenvalue weighted by Crippen LogP contribution is 2.49. The molecule has 0 saturated carbocycles. The SMILES string of the molecule is CC(C)(C)C(=O)Nc1ncn([C@H]2C[C@H](O)[C@@H](CO)O2)c(=O)n1.CCOP(=O)(COC[C@H]1O[C@@H](n2cnc(N)nc2=O)C[C@@H]1O)OCC.CCOP(=O)(COS(=O)(=O)C(F)(F)F)OCC. The number of aliphatic hydroxyl groups is 3. The Morgan fingerprint density at radius 3 is 1.72 bits per heavy atom. The van der Waals surface area contributed by atoms with Crippen LogP contribution >= 0.6 is 15.2 Å². The van der Waals surface area contributed by atoms with E-state index in [0.29, 0.717) is 0 Å². The summed E-state index contributed by atoms with van der Waals surface area (Å²) in [5.41, 5.74) is -2.15. The molecule has 2 aromatic rings. The average Bonchev–Trinajstić information content (AvgIpc) is 3.75. The Hall–Kier alpha value is -3.35. The second-order valence-electron chi connectivity index (χ2n) is 14.1. The quantitative estimate of drug-likeness (QED) is 0.0755. The first-order chi connectivity index (χ1) is 29.7. The number of hydrogen-bond acceptors (Lipinski definition) is 23. The number of anilines is 2. The molecule has 2 aromatic heterocycles. The van der Waals surface area contributed by atoms with E-state index < -0.39 is 90.8 Å². The summed E-state index contributed by atoms with van der Waals surface area (Å²) >= 11 is 0. The maximum atomic E-state index is 12.3. The van der Waals surface area contributed by atoms with Crippen molar-refractivity contribution in [2.24, 2.45) is 5.41 Å². The molecule has 0 spiro atoms. The number of alkyl halides is 3. The Kier molecular flexibility index (Phi) is 22.2. The van der Waals surface area contributed by atoms with Crippen molar-refractivity contribution < 1.29 is 87.3 Å². The van der Waals surface area contributed by atoms with Crippen molar-refractivity contribution >= 4 is 43.1 Å². The number of nitrogens with two attached hydrogens (primary N) is 1. The van der Waals surface area contributed by atoms with Gasteiger partial charge in [0.05, 0.1) is 51.8 Å². The lowest BCUT2D eigenvalue weighted by Gasteiger charge is -2.19. The molecule has 2 aliphatic rings. The number of carbonyl (C=O) groups excluding carboxylic acids is 1. The zero-order chi connectivity index (χ0) is 48.7. The first kappa shape index (κ1) is 56.8. The van der Waals surface area contributed by atoms with Gasteiger partial charge in [-0.3, -0.25) is 32.6 Å². The van der Waals surface area contributed by atoms with Crippen LogP contribution in [0.3, 0.4) is 0 Å². The van der Waals surface area contributed by atoms with E-state index in [-0.39, 0.29) is 76.6 Å². The van der Waals surface area contributed by atoms with E-state index in [4.69, 9.17) is 34.1 Å². The van der Waals surface area contributed by atoms with E-state index in [9.17, 15) is 55.3 Å². The van der Waals surface area contributed by atoms with Crippen LogP contribution in [0.1, 0.15) is 73.8 Å². The number of carbonyl (C=O) groups is 1. The van der Waals surface area contributed by atoms with Gasteiger partial charge in [-0.25, -0.2) is 19.6 Å². The van der Waals surface area contributed by atoms with E-state index in [0.717, 1.165) is 9.13 Å². The zero-order valence-electron chi connectivity index (χ0n) is 35.9. The lowest BCUT2D eigenvalue weighted by molar-refractivity contribution is -0.123. The number of aromatic nitrogens is 6. The maximum Gasteiger partial charge on any atom is 0.523 e. The Labute approximate surface area is 365 Å². The Bertz CT molecular complexity index is 2110. The van der Waals surface area contributed by atoms with Gasteiger partial charge in [-0.1, -0.05) is 20.8 Å². The molecule has 2 aliphatic heterocycles. The highest BCUT2D eigenvalue weighted by molar-refractivity contribution is 7.87. The molecule has 0 unspecified atom stereocenters. The van der Waals surface area contributed by atoms with E-state index >= 15 is 0 Å². The summed E-state index contributed by atoms with van der Waals surface area (Å²) in [5.74, 6) is -0.529. The highest BCUT2D eigenvalue weighted by atomic mass is 32.2. The van der Waals surface area contributed by atoms with Gasteiger partial charge in [-0.2, -0.15) is 31.6 Å². The van der Waals surface area contributed by atoms with Gasteiger partial charge in [0.1, 0.15) is 43.7 Å². The molecule has 2 saturated heterocycles. The Morgan fingerprint density at radius 1 is 0.844 bits per heavy atom. The van der Waals surface area contributed by atoms with Crippen LogP contribution < -0.4 is 22.4 Å². The number of amides is 1. The minimum atomic E-state index is -5.80. The molecule has 4 heterocycles. The van der Waals surface area contributed by atoms with Gasteiger partial charge >= 0.3 is 42.2 Å². The molecule has 26 nitrogen and oxygen atoms in total. The predicted octanol–water partition coefficient (Wildman–Crippen LogP) is 1.45. The monoisotopic (exact) mass is 990 g/mol. The molecule has 6 atom stereocenters. The van der Waals surface area contributed by atoms with E-state index in [2.05, 4.69) is 38.5 Å². The van der Waals surface area contributed by atoms with Gasteiger partial charge in [-0.15, -0.1) is 0 Å². The predicted molar refractivity (Wildman–Crippen MR) is 215 cm³/mol. The molecule has 0 bridgehead atoms. The van der Waals surface area contributed by atoms with Gasteiger partial charge in [0.15, 0.2) is 6.35 Å². The molecular weight excluding hydrogens is 935 g/mol. The van der Waals surface area contributed by atoms with E-state index in [1.165, 1.54) is 26.5 Å². The maximum absolute atomic E-state index is 12.3. The van der Waals surface area contributed by atoms with Crippen molar-refractivity contribution in [1.29, 1.82) is 0 Å². The van der Waals surface area contributed by atoms with Crippen LogP contribution in [0.15, 0.2) is 22.2 Å². The first-order valence-corrected chi connectivity index (χ1v) is 24.1. The standard InChI is InChI=1S/C13H23N4O7P.C13H20N4O5.C6H12F3O6PS/c1-3-22-25(20,23-4-2)8-21-6-10-9(18)5-11(24-10)17-7-15-12(14)16-13(17)19;1-13(2,3)10(20)15-11-14-6-17(12(21)16-11)9-4-7(19)8(5-18)22-9;1-3-13-16(10,14-4-2)5-15-17(11,12)6(7,8)9/h7,9-11,18H,3-6,8H2,1-2H3,(H2,14,16,19);6-9,18-19H,4-5H2,1-3H3,(H,15,16,20,21);3-5H2,1-2H3/t9-,10+,11+;7-,8+,9+;/m00./s1. The molecule has 1 amide bonds. The number of ether oxygens (including phenoxy) is 3. The molecule has 368 valence electrons. The van der Waals surface area contributed by atoms with Crippen molar-refractivity contribution in [3.05, 3.63) is 33.6 Å². The Morgan fingerprint density at radius 2 is 1.30 bits per heavy atom. The summed E-state index contributed by atoms with van der Waals surface area (Å²) < 4.78 is 122. The number of rotatable bonds is 19. The molecule has 0 aromatic carbocycles. The lowest BCUT2D eigenvalue weighted by Crippen LogP contribution is -2.32. The molecule has 6 N–H and O–H groups in total. The summed E-state index contributed by atoms with van der Waals surface area (Å²) in [4.78, 5) is 50.5. The molecule has 64 heavy (non-hydrogen) atoms. The summed E-state index contributed by atoms with van der Waals surface area (Å²) in [6, 6.07) is 0. The third-order valence-electron chi connectivity index (χ3n) is 8.07. The second kappa shape index (κ2) is 25.0. The minimum Gasteiger partial charge on any atom is -0.394 e. The zero-order valence-corrected chi connectivity index (χ0v) is 38.5. The summed E-state index contributed by atoms with van der Waals surface area (Å²) in [6.45, 7) is 11.3. The van der Waals surface area contributed by atoms with E-state index in [1.807, 2.05) is 0 Å². The number of nitrogens with one attached hydrogen (secondary N) is 1. The third-order valence-corrected chi connectivity index (χ3v) is 12.8. The fourth-order valence-electron chi connectivity index (χ4n) is 5.02. The van der Waals surface area contributed by atoms with Crippen molar-refractivity contribution in [2.75, 3.05) is 63.4 Å². The lowest BCUT2D eigenvalue weighted by atomic mass is 9.96. The van der Waals surface area contributed by atoms with Gasteiger partial charge in [0, 0.05) is 18.3 Å². The summed E-state index contributed by atoms with van der Waals surface area (Å²) in [5, 5.41) is 31.3. The van der Waals surface area contributed by atoms with Crippen LogP contribution in [0.2, 0.25) is 0 Å². The number of hydrogen-bond donors (Lipinski definition) is 5. The summed E-state index contributed by atoms with van der Waals surface area (Å²) in [6.07, 6.45) is -3.48. The van der Waals surface area contributed by atoms with Crippen LogP contribution in [0.25, 0.3) is 0 Å². The first-order valence-electron chi connectivity index (χ1n) is 19.2. The van der Waals surface area contributed by atoms with Crippen molar-refractivity contribution in [3.63, 3.8) is 0 Å². The largest absolute Gasteiger partial charge is 0.523 e. The fraction of sp³-hybridized carbons (Fsp3) is 0.781. The average molecular weight is 991 g/mol. The number of nitrogens with zero attached hydrogens (tertiary/aromatic N) is 6. The minimum absolute atomic E-state index is 0.0353. The van der Waals surface area contributed by atoms with Crippen LogP contribution in [0.5, 0.6) is 0 Å². The second-order valence-corrected chi connectivity index (χ2v) is 19.7. The fourth-order valence-corrected chi connectivity index (χ4v) is 8.58. The van der Waals surface area contributed by atoms with E-state index in [1.54, 1.807) is 34.6 Å². The van der Waals surface area contributed by atoms with Gasteiger partial charge in [-0.05, 0) is 27.7 Å². The number of aliphatic hydroxyl groups excluding tert-OH is 3. The Balaban J connectivity index is 0.000000337. The third kappa shape index (κ3) is 17.5. The number of nitrogen functional groups attached to an aromatic ring is 1. The normalized spacial score (nSPS) is 21.7. The molecule has 0 aliphatic carbocycles. The molecule has 0 radical (unpaired) electrons.